The fraction of sp³-hybridized carbons (Fsp3) is 0.714. The smallest absolute Gasteiger partial charge is 0.219 e. The zero-order valence-corrected chi connectivity index (χ0v) is 9.52. The van der Waals surface area contributed by atoms with Gasteiger partial charge in [0.25, 0.3) is 0 Å². The van der Waals surface area contributed by atoms with Gasteiger partial charge < -0.3 is 11.1 Å². The van der Waals surface area contributed by atoms with Gasteiger partial charge in [-0.15, -0.1) is 0 Å². The molecule has 82 valence electrons. The number of thiocarbonyl (C=S) groups is 1. The van der Waals surface area contributed by atoms with Crippen molar-refractivity contribution >= 4 is 23.2 Å². The van der Waals surface area contributed by atoms with E-state index < -0.39 is 0 Å². The first-order valence-electron chi connectivity index (χ1n) is 4.18. The highest BCUT2D eigenvalue weighted by Crippen LogP contribution is 1.89. The summed E-state index contributed by atoms with van der Waals surface area (Å²) in [5.74, 6) is -0.352. The van der Waals surface area contributed by atoms with E-state index in [-0.39, 0.29) is 12.3 Å². The summed E-state index contributed by atoms with van der Waals surface area (Å²) >= 11 is 5.02. The Labute approximate surface area is 89.3 Å². The van der Waals surface area contributed by atoms with Crippen LogP contribution in [0.5, 0.6) is 0 Å². The van der Waals surface area contributed by atoms with Crippen LogP contribution in [0.25, 0.3) is 0 Å². The number of hydrogen-bond donors (Lipinski definition) is 3. The van der Waals surface area contributed by atoms with Crippen molar-refractivity contribution in [1.29, 1.82) is 0 Å². The van der Waals surface area contributed by atoms with Crippen molar-refractivity contribution < 1.29 is 4.79 Å². The maximum atomic E-state index is 10.6. The summed E-state index contributed by atoms with van der Waals surface area (Å²) in [7, 11) is 5.38. The van der Waals surface area contributed by atoms with Crippen LogP contribution >= 0.6 is 12.2 Å². The number of carbonyl (C=O) groups excluding carboxylic acids is 1. The van der Waals surface area contributed by atoms with E-state index in [0.29, 0.717) is 11.7 Å². The summed E-state index contributed by atoms with van der Waals surface area (Å²) in [4.78, 5) is 10.6. The highest BCUT2D eigenvalue weighted by atomic mass is 32.1. The number of nitrogens with zero attached hydrogens (tertiary/aromatic N) is 2. The average molecular weight is 219 g/mol. The number of nitrogens with two attached hydrogens (primary N) is 1. The number of amides is 1. The Morgan fingerprint density at radius 3 is 2.43 bits per heavy atom. The molecule has 0 aromatic heterocycles. The highest BCUT2D eigenvalue weighted by Gasteiger charge is 2.09. The van der Waals surface area contributed by atoms with Gasteiger partial charge >= 0.3 is 0 Å². The Morgan fingerprint density at radius 1 is 1.50 bits per heavy atom. The van der Waals surface area contributed by atoms with Crippen molar-refractivity contribution in [3.05, 3.63) is 0 Å². The van der Waals surface area contributed by atoms with Crippen molar-refractivity contribution in [2.45, 2.75) is 6.42 Å². The molecule has 0 fully saturated rings. The van der Waals surface area contributed by atoms with E-state index in [0.717, 1.165) is 0 Å². The number of rotatable bonds is 5. The molecule has 0 unspecified atom stereocenters. The fourth-order valence-electron chi connectivity index (χ4n) is 0.795. The van der Waals surface area contributed by atoms with Crippen LogP contribution in [0.1, 0.15) is 6.42 Å². The molecule has 0 bridgehead atoms. The second-order valence-corrected chi connectivity index (χ2v) is 3.30. The molecule has 0 aromatic rings. The quantitative estimate of drug-likeness (QED) is 0.392. The standard InChI is InChI=1S/C7H17N5OS/c1-9-7(14)12(10-11(2)3)5-4-6(8)13/h10H,4-5H2,1-3H3,(H2,8,13)(H,9,14). The fourth-order valence-corrected chi connectivity index (χ4v) is 0.927. The van der Waals surface area contributed by atoms with Gasteiger partial charge in [-0.05, 0) is 12.2 Å². The van der Waals surface area contributed by atoms with Gasteiger partial charge in [0.2, 0.25) is 5.91 Å². The van der Waals surface area contributed by atoms with Gasteiger partial charge in [0, 0.05) is 34.1 Å². The second-order valence-electron chi connectivity index (χ2n) is 2.92. The summed E-state index contributed by atoms with van der Waals surface area (Å²) in [6, 6.07) is 0. The van der Waals surface area contributed by atoms with Crippen molar-refractivity contribution in [1.82, 2.24) is 20.9 Å². The SMILES string of the molecule is CNC(=S)N(CCC(N)=O)NN(C)C. The number of primary amides is 1. The highest BCUT2D eigenvalue weighted by molar-refractivity contribution is 7.80. The third kappa shape index (κ3) is 5.68. The monoisotopic (exact) mass is 219 g/mol. The van der Waals surface area contributed by atoms with Crippen LogP contribution in [0.15, 0.2) is 0 Å². The van der Waals surface area contributed by atoms with Crippen LogP contribution in [-0.4, -0.2) is 48.7 Å². The predicted molar refractivity (Wildman–Crippen MR) is 59.0 cm³/mol. The molecule has 0 spiro atoms. The molecule has 0 rings (SSSR count). The van der Waals surface area contributed by atoms with Gasteiger partial charge in [0.05, 0.1) is 0 Å². The van der Waals surface area contributed by atoms with Gasteiger partial charge in [0.1, 0.15) is 0 Å². The first-order valence-corrected chi connectivity index (χ1v) is 4.59. The average Bonchev–Trinajstić information content (AvgIpc) is 2.10. The van der Waals surface area contributed by atoms with Crippen molar-refractivity contribution in [3.8, 4) is 0 Å². The van der Waals surface area contributed by atoms with Crippen LogP contribution in [0, 0.1) is 0 Å². The molecule has 1 amide bonds. The lowest BCUT2D eigenvalue weighted by molar-refractivity contribution is -0.118. The third-order valence-corrected chi connectivity index (χ3v) is 1.79. The molecular formula is C7H17N5OS. The summed E-state index contributed by atoms with van der Waals surface area (Å²) in [6.07, 6.45) is 0.253. The van der Waals surface area contributed by atoms with Gasteiger partial charge in [-0.3, -0.25) is 9.80 Å². The van der Waals surface area contributed by atoms with Gasteiger partial charge in [0.15, 0.2) is 5.11 Å². The van der Waals surface area contributed by atoms with E-state index in [1.807, 2.05) is 14.1 Å². The maximum absolute atomic E-state index is 10.6. The Kier molecular flexibility index (Phi) is 6.09. The minimum absolute atomic E-state index is 0.253. The minimum Gasteiger partial charge on any atom is -0.370 e. The minimum atomic E-state index is -0.352. The number of hydrazine groups is 2. The Bertz CT molecular complexity index is 208. The Hall–Kier alpha value is -0.920. The molecule has 6 nitrogen and oxygen atoms in total. The summed E-state index contributed by atoms with van der Waals surface area (Å²) < 4.78 is 0. The van der Waals surface area contributed by atoms with Crippen LogP contribution in [-0.2, 0) is 4.79 Å². The summed E-state index contributed by atoms with van der Waals surface area (Å²) in [5, 5.41) is 6.69. The zero-order chi connectivity index (χ0) is 11.1. The van der Waals surface area contributed by atoms with Crippen LogP contribution in [0.3, 0.4) is 0 Å². The molecule has 0 aliphatic rings. The van der Waals surface area contributed by atoms with E-state index in [9.17, 15) is 4.79 Å². The van der Waals surface area contributed by atoms with Gasteiger partial charge in [-0.25, -0.2) is 5.01 Å². The van der Waals surface area contributed by atoms with Crippen LogP contribution in [0.4, 0.5) is 0 Å². The van der Waals surface area contributed by atoms with E-state index in [2.05, 4.69) is 10.9 Å². The van der Waals surface area contributed by atoms with Crippen molar-refractivity contribution in [2.75, 3.05) is 27.7 Å². The van der Waals surface area contributed by atoms with E-state index >= 15 is 0 Å². The molecule has 0 radical (unpaired) electrons. The molecule has 0 heterocycles. The lowest BCUT2D eigenvalue weighted by Gasteiger charge is -2.28. The third-order valence-electron chi connectivity index (χ3n) is 1.36. The molecule has 14 heavy (non-hydrogen) atoms. The molecule has 0 saturated heterocycles. The first kappa shape index (κ1) is 13.1. The molecule has 0 atom stereocenters. The topological polar surface area (TPSA) is 73.6 Å². The first-order chi connectivity index (χ1) is 6.47. The van der Waals surface area contributed by atoms with E-state index in [1.54, 1.807) is 17.1 Å². The molecule has 7 heteroatoms. The molecule has 4 N–H and O–H groups in total. The Morgan fingerprint density at radius 2 is 2.07 bits per heavy atom. The maximum Gasteiger partial charge on any atom is 0.219 e. The van der Waals surface area contributed by atoms with Crippen LogP contribution < -0.4 is 16.6 Å². The molecular weight excluding hydrogens is 202 g/mol. The van der Waals surface area contributed by atoms with E-state index in [4.69, 9.17) is 18.0 Å². The molecule has 0 aliphatic heterocycles. The number of carbonyl (C=O) groups is 1. The lowest BCUT2D eigenvalue weighted by atomic mass is 10.4. The zero-order valence-electron chi connectivity index (χ0n) is 8.70. The van der Waals surface area contributed by atoms with Gasteiger partial charge in [-0.2, -0.15) is 5.53 Å². The normalized spacial score (nSPS) is 10.0. The Balaban J connectivity index is 4.10. The van der Waals surface area contributed by atoms with E-state index in [1.165, 1.54) is 0 Å². The molecule has 0 aliphatic carbocycles. The lowest BCUT2D eigenvalue weighted by Crippen LogP contribution is -2.53. The van der Waals surface area contributed by atoms with Crippen molar-refractivity contribution in [2.24, 2.45) is 5.73 Å². The van der Waals surface area contributed by atoms with Crippen LogP contribution in [0.2, 0.25) is 0 Å². The molecule has 0 saturated carbocycles. The predicted octanol–water partition coefficient (Wildman–Crippen LogP) is -1.35. The second kappa shape index (κ2) is 6.52. The number of nitrogens with one attached hydrogen (secondary N) is 2. The van der Waals surface area contributed by atoms with Crippen molar-refractivity contribution in [3.63, 3.8) is 0 Å². The summed E-state index contributed by atoms with van der Waals surface area (Å²) in [5.41, 5.74) is 7.98. The van der Waals surface area contributed by atoms with Gasteiger partial charge in [-0.1, -0.05) is 0 Å². The summed E-state index contributed by atoms with van der Waals surface area (Å²) in [6.45, 7) is 0.438. The number of hydrogen-bond acceptors (Lipinski definition) is 4. The largest absolute Gasteiger partial charge is 0.370 e. The molecule has 0 aromatic carbocycles.